The summed E-state index contributed by atoms with van der Waals surface area (Å²) >= 11 is 5.68. The number of nitrogens with zero attached hydrogens (tertiary/aromatic N) is 2. The Bertz CT molecular complexity index is 638. The molecular formula is C14H12ClN3O2. The number of imide groups is 1. The molecule has 2 amide bonds. The molecule has 0 unspecified atom stereocenters. The second-order valence-corrected chi connectivity index (χ2v) is 4.51. The molecule has 0 fully saturated rings. The van der Waals surface area contributed by atoms with Crippen molar-refractivity contribution in [3.05, 3.63) is 53.3 Å². The van der Waals surface area contributed by atoms with Crippen LogP contribution in [0.3, 0.4) is 0 Å². The minimum absolute atomic E-state index is 0.279. The lowest BCUT2D eigenvalue weighted by Crippen LogP contribution is -2.35. The molecule has 0 saturated carbocycles. The molecule has 0 aliphatic carbocycles. The summed E-state index contributed by atoms with van der Waals surface area (Å²) in [4.78, 5) is 29.0. The van der Waals surface area contributed by atoms with Gasteiger partial charge in [-0.2, -0.15) is 0 Å². The molecule has 0 aliphatic heterocycles. The van der Waals surface area contributed by atoms with Gasteiger partial charge in [0.1, 0.15) is 5.15 Å². The van der Waals surface area contributed by atoms with E-state index in [9.17, 15) is 9.59 Å². The zero-order valence-electron chi connectivity index (χ0n) is 10.7. The molecule has 20 heavy (non-hydrogen) atoms. The smallest absolute Gasteiger partial charge is 0.266 e. The summed E-state index contributed by atoms with van der Waals surface area (Å²) < 4.78 is 0. The predicted octanol–water partition coefficient (Wildman–Crippen LogP) is 2.51. The average molecular weight is 290 g/mol. The van der Waals surface area contributed by atoms with E-state index in [4.69, 9.17) is 17.3 Å². The third-order valence-electron chi connectivity index (χ3n) is 2.64. The maximum absolute atomic E-state index is 12.4. The van der Waals surface area contributed by atoms with E-state index in [1.54, 1.807) is 24.3 Å². The van der Waals surface area contributed by atoms with Gasteiger partial charge in [0.05, 0.1) is 11.3 Å². The van der Waals surface area contributed by atoms with Gasteiger partial charge in [0.15, 0.2) is 0 Å². The molecule has 6 heteroatoms. The molecule has 2 aromatic rings. The Labute approximate surface area is 121 Å². The Balaban J connectivity index is 2.38. The van der Waals surface area contributed by atoms with Crippen molar-refractivity contribution in [1.29, 1.82) is 0 Å². The van der Waals surface area contributed by atoms with Gasteiger partial charge in [0, 0.05) is 18.8 Å². The number of carbonyl (C=O) groups is 2. The Kier molecular flexibility index (Phi) is 4.00. The average Bonchev–Trinajstić information content (AvgIpc) is 2.41. The molecule has 2 rings (SSSR count). The lowest BCUT2D eigenvalue weighted by molar-refractivity contribution is -0.115. The third kappa shape index (κ3) is 2.95. The Morgan fingerprint density at radius 3 is 2.30 bits per heavy atom. The number of amides is 2. The van der Waals surface area contributed by atoms with Crippen LogP contribution in [0.2, 0.25) is 5.15 Å². The van der Waals surface area contributed by atoms with Crippen LogP contribution in [-0.4, -0.2) is 16.8 Å². The largest absolute Gasteiger partial charge is 0.399 e. The van der Waals surface area contributed by atoms with Crippen LogP contribution < -0.4 is 10.6 Å². The zero-order valence-corrected chi connectivity index (χ0v) is 11.5. The highest BCUT2D eigenvalue weighted by atomic mass is 35.5. The fourth-order valence-corrected chi connectivity index (χ4v) is 1.81. The summed E-state index contributed by atoms with van der Waals surface area (Å²) in [6.45, 7) is 1.32. The number of halogens is 1. The number of carbonyl (C=O) groups excluding carboxylic acids is 2. The van der Waals surface area contributed by atoms with E-state index >= 15 is 0 Å². The van der Waals surface area contributed by atoms with E-state index in [0.29, 0.717) is 11.4 Å². The van der Waals surface area contributed by atoms with Crippen LogP contribution in [0.5, 0.6) is 0 Å². The molecule has 1 heterocycles. The fourth-order valence-electron chi connectivity index (χ4n) is 1.70. The van der Waals surface area contributed by atoms with E-state index in [2.05, 4.69) is 4.98 Å². The number of benzene rings is 1. The number of hydrogen-bond acceptors (Lipinski definition) is 4. The second-order valence-electron chi connectivity index (χ2n) is 4.12. The van der Waals surface area contributed by atoms with Crippen LogP contribution in [0.1, 0.15) is 17.3 Å². The van der Waals surface area contributed by atoms with E-state index in [1.807, 2.05) is 0 Å². The van der Waals surface area contributed by atoms with Crippen molar-refractivity contribution in [2.45, 2.75) is 6.92 Å². The first kappa shape index (κ1) is 14.0. The fraction of sp³-hybridized carbons (Fsp3) is 0.0714. The highest BCUT2D eigenvalue weighted by Gasteiger charge is 2.21. The third-order valence-corrected chi connectivity index (χ3v) is 2.87. The molecule has 1 aromatic heterocycles. The van der Waals surface area contributed by atoms with Crippen LogP contribution >= 0.6 is 11.6 Å². The van der Waals surface area contributed by atoms with Gasteiger partial charge in [-0.25, -0.2) is 9.88 Å². The zero-order chi connectivity index (χ0) is 14.7. The topological polar surface area (TPSA) is 76.3 Å². The van der Waals surface area contributed by atoms with Gasteiger partial charge in [-0.05, 0) is 36.4 Å². The van der Waals surface area contributed by atoms with Crippen molar-refractivity contribution in [1.82, 2.24) is 4.98 Å². The standard InChI is InChI=1S/C14H12ClN3O2/c1-9(19)18(12-5-3-11(16)4-6-12)14(20)10-2-7-13(15)17-8-10/h2-8H,16H2,1H3. The van der Waals surface area contributed by atoms with Gasteiger partial charge < -0.3 is 5.73 Å². The van der Waals surface area contributed by atoms with Crippen molar-refractivity contribution in [3.8, 4) is 0 Å². The molecule has 5 nitrogen and oxygen atoms in total. The highest BCUT2D eigenvalue weighted by molar-refractivity contribution is 6.29. The first-order valence-corrected chi connectivity index (χ1v) is 6.19. The van der Waals surface area contributed by atoms with Crippen molar-refractivity contribution >= 4 is 34.8 Å². The van der Waals surface area contributed by atoms with Crippen molar-refractivity contribution in [2.75, 3.05) is 10.6 Å². The quantitative estimate of drug-likeness (QED) is 0.681. The summed E-state index contributed by atoms with van der Waals surface area (Å²) in [5.74, 6) is -0.860. The second kappa shape index (κ2) is 5.71. The molecule has 0 bridgehead atoms. The Morgan fingerprint density at radius 1 is 1.15 bits per heavy atom. The van der Waals surface area contributed by atoms with E-state index < -0.39 is 11.8 Å². The summed E-state index contributed by atoms with van der Waals surface area (Å²) in [5, 5.41) is 0.281. The van der Waals surface area contributed by atoms with Crippen LogP contribution in [0.4, 0.5) is 11.4 Å². The number of nitrogens with two attached hydrogens (primary N) is 1. The lowest BCUT2D eigenvalue weighted by atomic mass is 10.2. The molecule has 1 aromatic carbocycles. The minimum Gasteiger partial charge on any atom is -0.399 e. The Morgan fingerprint density at radius 2 is 1.80 bits per heavy atom. The molecule has 0 saturated heterocycles. The van der Waals surface area contributed by atoms with Crippen LogP contribution in [0.15, 0.2) is 42.6 Å². The molecular weight excluding hydrogens is 278 g/mol. The van der Waals surface area contributed by atoms with Crippen molar-refractivity contribution in [3.63, 3.8) is 0 Å². The number of nitrogen functional groups attached to an aromatic ring is 1. The van der Waals surface area contributed by atoms with E-state index in [1.165, 1.54) is 25.3 Å². The minimum atomic E-state index is -0.466. The van der Waals surface area contributed by atoms with Gasteiger partial charge in [0.2, 0.25) is 5.91 Å². The first-order valence-electron chi connectivity index (χ1n) is 5.81. The molecule has 2 N–H and O–H groups in total. The van der Waals surface area contributed by atoms with Gasteiger partial charge in [-0.15, -0.1) is 0 Å². The lowest BCUT2D eigenvalue weighted by Gasteiger charge is -2.19. The summed E-state index contributed by atoms with van der Waals surface area (Å²) in [7, 11) is 0. The molecule has 0 aliphatic rings. The van der Waals surface area contributed by atoms with Crippen molar-refractivity contribution in [2.24, 2.45) is 0 Å². The monoisotopic (exact) mass is 289 g/mol. The maximum Gasteiger partial charge on any atom is 0.266 e. The highest BCUT2D eigenvalue weighted by Crippen LogP contribution is 2.19. The van der Waals surface area contributed by atoms with Gasteiger partial charge in [-0.3, -0.25) is 9.59 Å². The number of rotatable bonds is 2. The van der Waals surface area contributed by atoms with Crippen molar-refractivity contribution < 1.29 is 9.59 Å². The number of hydrogen-bond donors (Lipinski definition) is 1. The predicted molar refractivity (Wildman–Crippen MR) is 77.6 cm³/mol. The Hall–Kier alpha value is -2.40. The number of aromatic nitrogens is 1. The van der Waals surface area contributed by atoms with Gasteiger partial charge in [-0.1, -0.05) is 11.6 Å². The molecule has 0 radical (unpaired) electrons. The first-order chi connectivity index (χ1) is 9.49. The SMILES string of the molecule is CC(=O)N(C(=O)c1ccc(Cl)nc1)c1ccc(N)cc1. The molecule has 0 atom stereocenters. The maximum atomic E-state index is 12.4. The van der Waals surface area contributed by atoms with Crippen LogP contribution in [0.25, 0.3) is 0 Å². The summed E-state index contributed by atoms with van der Waals surface area (Å²) in [5.41, 5.74) is 6.88. The van der Waals surface area contributed by atoms with Gasteiger partial charge >= 0.3 is 0 Å². The molecule has 102 valence electrons. The normalized spacial score (nSPS) is 10.1. The number of anilines is 2. The van der Waals surface area contributed by atoms with E-state index in [-0.39, 0.29) is 10.7 Å². The van der Waals surface area contributed by atoms with E-state index in [0.717, 1.165) is 4.90 Å². The van der Waals surface area contributed by atoms with Crippen LogP contribution in [0, 0.1) is 0 Å². The van der Waals surface area contributed by atoms with Crippen LogP contribution in [-0.2, 0) is 4.79 Å². The summed E-state index contributed by atoms with van der Waals surface area (Å²) in [6, 6.07) is 9.48. The molecule has 0 spiro atoms. The summed E-state index contributed by atoms with van der Waals surface area (Å²) in [6.07, 6.45) is 1.33. The number of pyridine rings is 1. The van der Waals surface area contributed by atoms with Gasteiger partial charge in [0.25, 0.3) is 5.91 Å².